The van der Waals surface area contributed by atoms with Crippen molar-refractivity contribution in [3.05, 3.63) is 46.2 Å². The van der Waals surface area contributed by atoms with Crippen molar-refractivity contribution in [2.24, 2.45) is 0 Å². The summed E-state index contributed by atoms with van der Waals surface area (Å²) < 4.78 is 1.63. The number of nitrogens with one attached hydrogen (secondary N) is 1. The third-order valence-electron chi connectivity index (χ3n) is 2.99. The summed E-state index contributed by atoms with van der Waals surface area (Å²) >= 11 is 12.0. The van der Waals surface area contributed by atoms with E-state index in [1.165, 1.54) is 0 Å². The minimum absolute atomic E-state index is 0.00748. The third-order valence-corrected chi connectivity index (χ3v) is 3.58. The number of rotatable bonds is 6. The van der Waals surface area contributed by atoms with Crippen molar-refractivity contribution < 1.29 is 4.79 Å². The highest BCUT2D eigenvalue weighted by Crippen LogP contribution is 2.22. The number of carbonyl (C=O) groups is 1. The van der Waals surface area contributed by atoms with Gasteiger partial charge in [-0.1, -0.05) is 34.5 Å². The van der Waals surface area contributed by atoms with E-state index in [-0.39, 0.29) is 11.9 Å². The third kappa shape index (κ3) is 5.02. The molecule has 0 saturated carbocycles. The molecular weight excluding hydrogens is 311 g/mol. The summed E-state index contributed by atoms with van der Waals surface area (Å²) in [6.45, 7) is 2.46. The molecule has 0 spiro atoms. The van der Waals surface area contributed by atoms with Gasteiger partial charge in [-0.15, -0.1) is 5.10 Å². The number of benzene rings is 1. The number of carbonyl (C=O) groups excluding carboxylic acids is 1. The molecule has 1 N–H and O–H groups in total. The molecule has 1 aromatic carbocycles. The number of amides is 1. The van der Waals surface area contributed by atoms with E-state index in [9.17, 15) is 4.79 Å². The Labute approximate surface area is 133 Å². The summed E-state index contributed by atoms with van der Waals surface area (Å²) in [4.78, 5) is 11.9. The van der Waals surface area contributed by atoms with Crippen molar-refractivity contribution >= 4 is 29.1 Å². The fraction of sp³-hybridized carbons (Fsp3) is 0.357. The molecule has 0 unspecified atom stereocenters. The number of hydrogen-bond donors (Lipinski definition) is 1. The number of aryl methyl sites for hydroxylation is 1. The molecule has 1 heterocycles. The van der Waals surface area contributed by atoms with Crippen LogP contribution in [0.25, 0.3) is 0 Å². The van der Waals surface area contributed by atoms with Gasteiger partial charge >= 0.3 is 0 Å². The zero-order chi connectivity index (χ0) is 15.2. The fourth-order valence-electron chi connectivity index (χ4n) is 1.98. The topological polar surface area (TPSA) is 59.8 Å². The first-order valence-corrected chi connectivity index (χ1v) is 7.37. The molecule has 0 fully saturated rings. The van der Waals surface area contributed by atoms with Crippen LogP contribution in [0.1, 0.15) is 18.9 Å². The minimum atomic E-state index is -0.0249. The predicted octanol–water partition coefficient (Wildman–Crippen LogP) is 2.72. The predicted molar refractivity (Wildman–Crippen MR) is 82.4 cm³/mol. The summed E-state index contributed by atoms with van der Waals surface area (Å²) in [6.07, 6.45) is 4.33. The standard InChI is InChI=1S/C14H16Cl2N4O/c1-10(8-11-2-3-12(15)9-13(11)16)18-14(21)4-6-20-7-5-17-19-20/h2-3,5,7,9-10H,4,6,8H2,1H3,(H,18,21)/t10-/m0/s1. The SMILES string of the molecule is C[C@@H](Cc1ccc(Cl)cc1Cl)NC(=O)CCn1ccnn1. The highest BCUT2D eigenvalue weighted by molar-refractivity contribution is 6.35. The summed E-state index contributed by atoms with van der Waals surface area (Å²) in [6, 6.07) is 5.37. The van der Waals surface area contributed by atoms with Gasteiger partial charge in [0.25, 0.3) is 0 Å². The van der Waals surface area contributed by atoms with E-state index in [1.807, 2.05) is 13.0 Å². The first-order chi connectivity index (χ1) is 10.0. The Bertz CT molecular complexity index is 601. The molecule has 1 aromatic heterocycles. The molecule has 2 rings (SSSR count). The van der Waals surface area contributed by atoms with Gasteiger partial charge in [-0.05, 0) is 31.0 Å². The quantitative estimate of drug-likeness (QED) is 0.887. The molecule has 0 aliphatic rings. The zero-order valence-corrected chi connectivity index (χ0v) is 13.1. The average molecular weight is 327 g/mol. The zero-order valence-electron chi connectivity index (χ0n) is 11.6. The molecule has 0 aliphatic carbocycles. The van der Waals surface area contributed by atoms with E-state index in [0.29, 0.717) is 29.4 Å². The van der Waals surface area contributed by atoms with Crippen LogP contribution in [0.3, 0.4) is 0 Å². The summed E-state index contributed by atoms with van der Waals surface area (Å²) in [5.41, 5.74) is 0.963. The molecule has 0 radical (unpaired) electrons. The average Bonchev–Trinajstić information content (AvgIpc) is 2.93. The Kier molecular flexibility index (Phi) is 5.59. The van der Waals surface area contributed by atoms with Crippen LogP contribution in [0.5, 0.6) is 0 Å². The van der Waals surface area contributed by atoms with Crippen LogP contribution in [0.4, 0.5) is 0 Å². The maximum atomic E-state index is 11.9. The molecule has 7 heteroatoms. The van der Waals surface area contributed by atoms with Gasteiger partial charge in [0.15, 0.2) is 0 Å². The van der Waals surface area contributed by atoms with Crippen LogP contribution in [0.2, 0.25) is 10.0 Å². The highest BCUT2D eigenvalue weighted by atomic mass is 35.5. The van der Waals surface area contributed by atoms with Crippen molar-refractivity contribution in [3.63, 3.8) is 0 Å². The molecule has 1 amide bonds. The van der Waals surface area contributed by atoms with Crippen LogP contribution in [-0.4, -0.2) is 26.9 Å². The highest BCUT2D eigenvalue weighted by Gasteiger charge is 2.10. The molecule has 112 valence electrons. The maximum absolute atomic E-state index is 11.9. The minimum Gasteiger partial charge on any atom is -0.353 e. The van der Waals surface area contributed by atoms with E-state index >= 15 is 0 Å². The lowest BCUT2D eigenvalue weighted by molar-refractivity contribution is -0.121. The van der Waals surface area contributed by atoms with Gasteiger partial charge in [0.1, 0.15) is 0 Å². The van der Waals surface area contributed by atoms with E-state index in [0.717, 1.165) is 5.56 Å². The lowest BCUT2D eigenvalue weighted by Crippen LogP contribution is -2.34. The summed E-state index contributed by atoms with van der Waals surface area (Å²) in [5, 5.41) is 11.7. The van der Waals surface area contributed by atoms with E-state index in [1.54, 1.807) is 29.2 Å². The second-order valence-corrected chi connectivity index (χ2v) is 5.67. The van der Waals surface area contributed by atoms with Crippen LogP contribution < -0.4 is 5.32 Å². The molecule has 2 aromatic rings. The monoisotopic (exact) mass is 326 g/mol. The molecule has 0 aliphatic heterocycles. The van der Waals surface area contributed by atoms with Crippen LogP contribution in [0.15, 0.2) is 30.6 Å². The largest absolute Gasteiger partial charge is 0.353 e. The molecule has 0 bridgehead atoms. The Morgan fingerprint density at radius 3 is 2.90 bits per heavy atom. The first-order valence-electron chi connectivity index (χ1n) is 6.62. The lowest BCUT2D eigenvalue weighted by Gasteiger charge is -2.15. The number of aromatic nitrogens is 3. The first kappa shape index (κ1) is 15.8. The molecule has 21 heavy (non-hydrogen) atoms. The van der Waals surface area contributed by atoms with Gasteiger partial charge < -0.3 is 5.32 Å². The Morgan fingerprint density at radius 1 is 1.43 bits per heavy atom. The number of hydrogen-bond acceptors (Lipinski definition) is 3. The number of nitrogens with zero attached hydrogens (tertiary/aromatic N) is 3. The Morgan fingerprint density at radius 2 is 2.24 bits per heavy atom. The van der Waals surface area contributed by atoms with Crippen LogP contribution >= 0.6 is 23.2 Å². The fourth-order valence-corrected chi connectivity index (χ4v) is 2.47. The van der Waals surface area contributed by atoms with E-state index in [2.05, 4.69) is 15.6 Å². The summed E-state index contributed by atoms with van der Waals surface area (Å²) in [5.74, 6) is -0.0249. The smallest absolute Gasteiger partial charge is 0.222 e. The lowest BCUT2D eigenvalue weighted by atomic mass is 10.1. The Balaban J connectivity index is 1.80. The van der Waals surface area contributed by atoms with Crippen molar-refractivity contribution in [1.29, 1.82) is 0 Å². The Hall–Kier alpha value is -1.59. The second kappa shape index (κ2) is 7.43. The van der Waals surface area contributed by atoms with Crippen molar-refractivity contribution in [2.75, 3.05) is 0 Å². The molecule has 5 nitrogen and oxygen atoms in total. The van der Waals surface area contributed by atoms with Crippen molar-refractivity contribution in [1.82, 2.24) is 20.3 Å². The van der Waals surface area contributed by atoms with Gasteiger partial charge in [0, 0.05) is 28.7 Å². The normalized spacial score (nSPS) is 12.1. The van der Waals surface area contributed by atoms with E-state index in [4.69, 9.17) is 23.2 Å². The molecule has 1 atom stereocenters. The number of halogens is 2. The van der Waals surface area contributed by atoms with Crippen LogP contribution in [-0.2, 0) is 17.8 Å². The second-order valence-electron chi connectivity index (χ2n) is 4.82. The summed E-state index contributed by atoms with van der Waals surface area (Å²) in [7, 11) is 0. The van der Waals surface area contributed by atoms with Crippen LogP contribution in [0, 0.1) is 0 Å². The van der Waals surface area contributed by atoms with E-state index < -0.39 is 0 Å². The van der Waals surface area contributed by atoms with Gasteiger partial charge in [-0.2, -0.15) is 0 Å². The molecule has 0 saturated heterocycles. The van der Waals surface area contributed by atoms with Gasteiger partial charge in [-0.3, -0.25) is 9.48 Å². The van der Waals surface area contributed by atoms with Gasteiger partial charge in [-0.25, -0.2) is 0 Å². The molecular formula is C14H16Cl2N4O. The van der Waals surface area contributed by atoms with Crippen molar-refractivity contribution in [2.45, 2.75) is 32.4 Å². The van der Waals surface area contributed by atoms with Gasteiger partial charge in [0.2, 0.25) is 5.91 Å². The van der Waals surface area contributed by atoms with Gasteiger partial charge in [0.05, 0.1) is 12.7 Å². The maximum Gasteiger partial charge on any atom is 0.222 e. The van der Waals surface area contributed by atoms with Crippen molar-refractivity contribution in [3.8, 4) is 0 Å².